The first-order valence-corrected chi connectivity index (χ1v) is 14.0. The average molecular weight is 524 g/mol. The number of hydrogen-bond donors (Lipinski definition) is 3. The minimum absolute atomic E-state index is 0.0831. The number of thiophene rings is 1. The van der Waals surface area contributed by atoms with Crippen LogP contribution >= 0.6 is 11.3 Å². The Labute approximate surface area is 219 Å². The Morgan fingerprint density at radius 2 is 2.03 bits per heavy atom. The lowest BCUT2D eigenvalue weighted by Gasteiger charge is -2.38. The highest BCUT2D eigenvalue weighted by Gasteiger charge is 2.33. The third-order valence-electron chi connectivity index (χ3n) is 7.85. The summed E-state index contributed by atoms with van der Waals surface area (Å²) >= 11 is 1.67. The molecule has 9 nitrogen and oxygen atoms in total. The minimum atomic E-state index is -0.277. The number of aromatic amines is 1. The van der Waals surface area contributed by atoms with Crippen molar-refractivity contribution in [2.75, 3.05) is 31.6 Å². The Hall–Kier alpha value is -2.95. The van der Waals surface area contributed by atoms with Gasteiger partial charge in [-0.2, -0.15) is 0 Å². The zero-order chi connectivity index (χ0) is 25.4. The van der Waals surface area contributed by atoms with Crippen LogP contribution in [0.25, 0.3) is 10.2 Å². The number of aromatic nitrogens is 2. The minimum Gasteiger partial charge on any atom is -0.490 e. The topological polar surface area (TPSA) is 123 Å². The van der Waals surface area contributed by atoms with E-state index in [9.17, 15) is 9.59 Å². The number of rotatable bonds is 7. The molecule has 1 atom stereocenters. The zero-order valence-electron chi connectivity index (χ0n) is 20.8. The van der Waals surface area contributed by atoms with Gasteiger partial charge in [0.2, 0.25) is 5.91 Å². The van der Waals surface area contributed by atoms with Crippen molar-refractivity contribution in [3.05, 3.63) is 45.1 Å². The molecule has 0 radical (unpaired) electrons. The van der Waals surface area contributed by atoms with E-state index in [-0.39, 0.29) is 23.4 Å². The molecular weight excluding hydrogens is 490 g/mol. The number of H-pyrrole nitrogens is 1. The Bertz CT molecular complexity index is 1340. The third kappa shape index (κ3) is 5.23. The lowest BCUT2D eigenvalue weighted by molar-refractivity contribution is -0.118. The van der Waals surface area contributed by atoms with E-state index in [0.29, 0.717) is 24.1 Å². The molecule has 0 unspecified atom stereocenters. The molecular formula is C27H33N5O4S. The zero-order valence-corrected chi connectivity index (χ0v) is 21.6. The largest absolute Gasteiger partial charge is 0.490 e. The van der Waals surface area contributed by atoms with E-state index >= 15 is 0 Å². The number of pyridine rings is 2. The number of aryl methyl sites for hydroxylation is 1. The number of carbonyl (C=O) groups excluding carboxylic acids is 1. The van der Waals surface area contributed by atoms with Gasteiger partial charge in [0, 0.05) is 54.8 Å². The van der Waals surface area contributed by atoms with E-state index in [1.54, 1.807) is 17.5 Å². The van der Waals surface area contributed by atoms with Crippen LogP contribution in [-0.2, 0) is 16.0 Å². The summed E-state index contributed by atoms with van der Waals surface area (Å²) in [4.78, 5) is 36.3. The fraction of sp³-hybridized carbons (Fsp3) is 0.519. The van der Waals surface area contributed by atoms with Crippen molar-refractivity contribution in [1.29, 1.82) is 0 Å². The fourth-order valence-electron chi connectivity index (χ4n) is 6.11. The molecule has 1 saturated heterocycles. The smallest absolute Gasteiger partial charge is 0.218 e. The number of nitrogens with one attached hydrogen (secondary N) is 2. The van der Waals surface area contributed by atoms with E-state index in [4.69, 9.17) is 20.2 Å². The molecule has 196 valence electrons. The summed E-state index contributed by atoms with van der Waals surface area (Å²) in [7, 11) is 0. The number of amides is 1. The number of nitrogens with zero attached hydrogens (tertiary/aromatic N) is 2. The van der Waals surface area contributed by atoms with Gasteiger partial charge in [-0.25, -0.2) is 4.98 Å². The molecule has 10 heteroatoms. The van der Waals surface area contributed by atoms with Gasteiger partial charge in [-0.1, -0.05) is 0 Å². The van der Waals surface area contributed by atoms with Crippen molar-refractivity contribution >= 4 is 39.1 Å². The predicted octanol–water partition coefficient (Wildman–Crippen LogP) is 3.66. The molecule has 4 heterocycles. The van der Waals surface area contributed by atoms with Gasteiger partial charge in [-0.05, 0) is 50.0 Å². The lowest BCUT2D eigenvalue weighted by Crippen LogP contribution is -2.46. The third-order valence-corrected chi connectivity index (χ3v) is 9.01. The van der Waals surface area contributed by atoms with Crippen LogP contribution in [0.3, 0.4) is 0 Å². The van der Waals surface area contributed by atoms with Gasteiger partial charge in [0.1, 0.15) is 22.2 Å². The van der Waals surface area contributed by atoms with Crippen molar-refractivity contribution in [3.63, 3.8) is 0 Å². The standard InChI is InChI=1S/C27H33N5O4S/c28-22(34)13-16-1-6-21-25(16)26-20(36-19-4-2-17(3-5-19)32-9-11-35-12-10-32)15-24(31-27(26)37-21)30-23-14-18(33)7-8-29-23/h7-8,14-17,19H,1-6,9-13H2,(H2,28,34)(H2,29,30,31,33)/t16-,17-,19-/m1/s1. The van der Waals surface area contributed by atoms with Crippen molar-refractivity contribution in [1.82, 2.24) is 14.9 Å². The Balaban J connectivity index is 1.29. The van der Waals surface area contributed by atoms with E-state index in [1.165, 1.54) is 22.6 Å². The lowest BCUT2D eigenvalue weighted by atomic mass is 9.91. The van der Waals surface area contributed by atoms with Crippen LogP contribution in [0.4, 0.5) is 11.6 Å². The quantitative estimate of drug-likeness (QED) is 0.432. The first kappa shape index (κ1) is 24.4. The van der Waals surface area contributed by atoms with E-state index in [1.807, 2.05) is 6.07 Å². The van der Waals surface area contributed by atoms with Crippen LogP contribution in [0.2, 0.25) is 0 Å². The second kappa shape index (κ2) is 10.4. The fourth-order valence-corrected chi connectivity index (χ4v) is 7.40. The average Bonchev–Trinajstić information content (AvgIpc) is 3.44. The van der Waals surface area contributed by atoms with Gasteiger partial charge in [-0.3, -0.25) is 14.5 Å². The molecule has 0 spiro atoms. The molecule has 1 amide bonds. The SMILES string of the molecule is NC(=O)C[C@H]1CCc2sc3nc(Nc4cc(=O)cc[nH]4)cc(O[C@H]4CC[C@H](N5CCOCC5)CC4)c3c21. The number of nitrogens with two attached hydrogens (primary N) is 1. The molecule has 2 fully saturated rings. The van der Waals surface area contributed by atoms with Gasteiger partial charge in [-0.15, -0.1) is 11.3 Å². The number of hydrogen-bond acceptors (Lipinski definition) is 8. The molecule has 3 aromatic heterocycles. The number of primary amides is 1. The molecule has 1 saturated carbocycles. The monoisotopic (exact) mass is 523 g/mol. The van der Waals surface area contributed by atoms with Crippen LogP contribution in [0, 0.1) is 0 Å². The van der Waals surface area contributed by atoms with Gasteiger partial charge in [0.25, 0.3) is 0 Å². The highest BCUT2D eigenvalue weighted by atomic mass is 32.1. The van der Waals surface area contributed by atoms with Gasteiger partial charge in [0.15, 0.2) is 5.43 Å². The maximum atomic E-state index is 11.8. The Kier molecular flexibility index (Phi) is 6.88. The highest BCUT2D eigenvalue weighted by molar-refractivity contribution is 7.19. The Morgan fingerprint density at radius 3 is 2.78 bits per heavy atom. The number of fused-ring (bicyclic) bond motifs is 3. The second-order valence-electron chi connectivity index (χ2n) is 10.3. The predicted molar refractivity (Wildman–Crippen MR) is 144 cm³/mol. The van der Waals surface area contributed by atoms with Crippen LogP contribution < -0.4 is 21.2 Å². The van der Waals surface area contributed by atoms with Crippen LogP contribution in [0.5, 0.6) is 5.75 Å². The number of ether oxygens (including phenoxy) is 2. The van der Waals surface area contributed by atoms with Gasteiger partial charge >= 0.3 is 0 Å². The van der Waals surface area contributed by atoms with E-state index in [2.05, 4.69) is 15.2 Å². The van der Waals surface area contributed by atoms with Crippen molar-refractivity contribution in [2.45, 2.75) is 63.0 Å². The summed E-state index contributed by atoms with van der Waals surface area (Å²) in [5, 5.41) is 4.26. The first-order valence-electron chi connectivity index (χ1n) is 13.2. The van der Waals surface area contributed by atoms with Crippen molar-refractivity contribution < 1.29 is 14.3 Å². The number of carbonyl (C=O) groups is 1. The molecule has 6 rings (SSSR count). The molecule has 0 aromatic carbocycles. The summed E-state index contributed by atoms with van der Waals surface area (Å²) in [6.45, 7) is 3.67. The maximum absolute atomic E-state index is 11.8. The van der Waals surface area contributed by atoms with Gasteiger partial charge in [0.05, 0.1) is 24.7 Å². The van der Waals surface area contributed by atoms with Crippen molar-refractivity contribution in [2.24, 2.45) is 5.73 Å². The van der Waals surface area contributed by atoms with Crippen LogP contribution in [0.1, 0.15) is 54.9 Å². The van der Waals surface area contributed by atoms with E-state index < -0.39 is 0 Å². The molecule has 3 aliphatic rings. The molecule has 3 aromatic rings. The van der Waals surface area contributed by atoms with Crippen molar-refractivity contribution in [3.8, 4) is 5.75 Å². The summed E-state index contributed by atoms with van der Waals surface area (Å²) in [6, 6.07) is 5.52. The van der Waals surface area contributed by atoms with Crippen LogP contribution in [0.15, 0.2) is 29.2 Å². The second-order valence-corrected chi connectivity index (χ2v) is 11.4. The normalized spacial score (nSPS) is 24.2. The van der Waals surface area contributed by atoms with E-state index in [0.717, 1.165) is 80.8 Å². The summed E-state index contributed by atoms with van der Waals surface area (Å²) in [6.07, 6.45) is 8.15. The number of anilines is 2. The molecule has 2 aliphatic carbocycles. The molecule has 1 aliphatic heterocycles. The highest BCUT2D eigenvalue weighted by Crippen LogP contribution is 2.49. The molecule has 37 heavy (non-hydrogen) atoms. The van der Waals surface area contributed by atoms with Crippen LogP contribution in [-0.4, -0.2) is 59.2 Å². The molecule has 4 N–H and O–H groups in total. The summed E-state index contributed by atoms with van der Waals surface area (Å²) in [5.41, 5.74) is 6.69. The maximum Gasteiger partial charge on any atom is 0.218 e. The summed E-state index contributed by atoms with van der Waals surface area (Å²) in [5.74, 6) is 1.83. The number of morpholine rings is 1. The first-order chi connectivity index (χ1) is 18.0. The molecule has 0 bridgehead atoms. The summed E-state index contributed by atoms with van der Waals surface area (Å²) < 4.78 is 12.3. The van der Waals surface area contributed by atoms with Gasteiger partial charge < -0.3 is 25.5 Å². The Morgan fingerprint density at radius 1 is 1.22 bits per heavy atom.